The Hall–Kier alpha value is -2.34. The van der Waals surface area contributed by atoms with Crippen LogP contribution < -0.4 is 5.32 Å². The first-order chi connectivity index (χ1) is 10.1. The second-order valence-electron chi connectivity index (χ2n) is 4.15. The molecule has 0 saturated heterocycles. The third-order valence-corrected chi connectivity index (χ3v) is 3.59. The van der Waals surface area contributed by atoms with E-state index in [1.165, 1.54) is 12.1 Å². The lowest BCUT2D eigenvalue weighted by molar-refractivity contribution is -0.113. The van der Waals surface area contributed by atoms with Gasteiger partial charge in [0, 0.05) is 10.6 Å². The van der Waals surface area contributed by atoms with Crippen LogP contribution >= 0.6 is 11.8 Å². The zero-order chi connectivity index (χ0) is 15.2. The lowest BCUT2D eigenvalue weighted by atomic mass is 10.2. The van der Waals surface area contributed by atoms with E-state index in [0.29, 0.717) is 10.6 Å². The molecule has 2 aromatic carbocycles. The Morgan fingerprint density at radius 3 is 2.52 bits per heavy atom. The number of para-hydroxylation sites is 1. The van der Waals surface area contributed by atoms with Gasteiger partial charge in [0.25, 0.3) is 0 Å². The molecule has 4 nitrogen and oxygen atoms in total. The van der Waals surface area contributed by atoms with Crippen molar-refractivity contribution in [3.63, 3.8) is 0 Å². The highest BCUT2D eigenvalue weighted by molar-refractivity contribution is 8.00. The van der Waals surface area contributed by atoms with Crippen molar-refractivity contribution in [2.45, 2.75) is 4.90 Å². The Bertz CT molecular complexity index is 661. The van der Waals surface area contributed by atoms with E-state index in [1.807, 2.05) is 18.2 Å². The van der Waals surface area contributed by atoms with Crippen LogP contribution in [-0.4, -0.2) is 22.7 Å². The molecule has 0 saturated carbocycles. The fourth-order valence-electron chi connectivity index (χ4n) is 1.63. The number of thioether (sulfide) groups is 1. The predicted octanol–water partition coefficient (Wildman–Crippen LogP) is 3.25. The van der Waals surface area contributed by atoms with E-state index in [2.05, 4.69) is 5.32 Å². The second-order valence-corrected chi connectivity index (χ2v) is 5.20. The number of anilines is 1. The van der Waals surface area contributed by atoms with Crippen LogP contribution in [0.3, 0.4) is 0 Å². The average Bonchev–Trinajstić information content (AvgIpc) is 2.47. The van der Waals surface area contributed by atoms with Crippen molar-refractivity contribution in [1.82, 2.24) is 0 Å². The van der Waals surface area contributed by atoms with Crippen LogP contribution in [0, 0.1) is 5.82 Å². The Balaban J connectivity index is 1.95. The number of rotatable bonds is 5. The molecule has 0 bridgehead atoms. The third kappa shape index (κ3) is 4.32. The minimum atomic E-state index is -1.33. The van der Waals surface area contributed by atoms with E-state index in [4.69, 9.17) is 5.11 Å². The zero-order valence-electron chi connectivity index (χ0n) is 10.9. The van der Waals surface area contributed by atoms with Crippen LogP contribution in [-0.2, 0) is 4.79 Å². The van der Waals surface area contributed by atoms with E-state index in [0.717, 1.165) is 17.8 Å². The molecule has 21 heavy (non-hydrogen) atoms. The van der Waals surface area contributed by atoms with E-state index in [-0.39, 0.29) is 11.7 Å². The number of aromatic carboxylic acids is 1. The van der Waals surface area contributed by atoms with Gasteiger partial charge in [-0.25, -0.2) is 9.18 Å². The SMILES string of the molecule is O=C(CSc1ccc(F)c(C(=O)O)c1)Nc1ccccc1. The Labute approximate surface area is 125 Å². The number of amides is 1. The van der Waals surface area contributed by atoms with Gasteiger partial charge in [0.1, 0.15) is 5.82 Å². The number of nitrogens with one attached hydrogen (secondary N) is 1. The molecule has 0 heterocycles. The van der Waals surface area contributed by atoms with Crippen molar-refractivity contribution in [1.29, 1.82) is 0 Å². The van der Waals surface area contributed by atoms with Crippen molar-refractivity contribution in [2.75, 3.05) is 11.1 Å². The normalized spacial score (nSPS) is 10.1. The summed E-state index contributed by atoms with van der Waals surface area (Å²) in [7, 11) is 0. The molecule has 0 aromatic heterocycles. The Morgan fingerprint density at radius 2 is 1.86 bits per heavy atom. The summed E-state index contributed by atoms with van der Waals surface area (Å²) in [6.07, 6.45) is 0. The summed E-state index contributed by atoms with van der Waals surface area (Å²) in [4.78, 5) is 23.1. The van der Waals surface area contributed by atoms with Crippen LogP contribution in [0.5, 0.6) is 0 Å². The molecule has 0 unspecified atom stereocenters. The molecule has 1 amide bonds. The van der Waals surface area contributed by atoms with Gasteiger partial charge in [-0.2, -0.15) is 0 Å². The van der Waals surface area contributed by atoms with E-state index in [9.17, 15) is 14.0 Å². The van der Waals surface area contributed by atoms with Crippen molar-refractivity contribution in [2.24, 2.45) is 0 Å². The van der Waals surface area contributed by atoms with Gasteiger partial charge < -0.3 is 10.4 Å². The fourth-order valence-corrected chi connectivity index (χ4v) is 2.36. The van der Waals surface area contributed by atoms with Crippen LogP contribution in [0.4, 0.5) is 10.1 Å². The highest BCUT2D eigenvalue weighted by Gasteiger charge is 2.12. The molecular formula is C15H12FNO3S. The molecule has 2 aromatic rings. The minimum Gasteiger partial charge on any atom is -0.478 e. The topological polar surface area (TPSA) is 66.4 Å². The molecular weight excluding hydrogens is 293 g/mol. The lowest BCUT2D eigenvalue weighted by Crippen LogP contribution is -2.13. The third-order valence-electron chi connectivity index (χ3n) is 2.60. The smallest absolute Gasteiger partial charge is 0.338 e. The number of carboxylic acids is 1. The molecule has 108 valence electrons. The second kappa shape index (κ2) is 6.90. The van der Waals surface area contributed by atoms with Gasteiger partial charge >= 0.3 is 5.97 Å². The molecule has 0 spiro atoms. The van der Waals surface area contributed by atoms with Crippen molar-refractivity contribution >= 4 is 29.3 Å². The summed E-state index contributed by atoms with van der Waals surface area (Å²) in [5.74, 6) is -2.23. The first kappa shape index (κ1) is 15.1. The summed E-state index contributed by atoms with van der Waals surface area (Å²) in [6, 6.07) is 12.7. The van der Waals surface area contributed by atoms with Crippen LogP contribution in [0.25, 0.3) is 0 Å². The van der Waals surface area contributed by atoms with Gasteiger partial charge in [-0.1, -0.05) is 18.2 Å². The van der Waals surface area contributed by atoms with E-state index < -0.39 is 17.3 Å². The zero-order valence-corrected chi connectivity index (χ0v) is 11.7. The monoisotopic (exact) mass is 305 g/mol. The van der Waals surface area contributed by atoms with E-state index >= 15 is 0 Å². The van der Waals surface area contributed by atoms with Crippen molar-refractivity contribution in [3.8, 4) is 0 Å². The van der Waals surface area contributed by atoms with Crippen LogP contribution in [0.1, 0.15) is 10.4 Å². The number of benzene rings is 2. The predicted molar refractivity (Wildman–Crippen MR) is 79.2 cm³/mol. The summed E-state index contributed by atoms with van der Waals surface area (Å²) < 4.78 is 13.2. The summed E-state index contributed by atoms with van der Waals surface area (Å²) in [5, 5.41) is 11.5. The number of halogens is 1. The average molecular weight is 305 g/mol. The first-order valence-electron chi connectivity index (χ1n) is 6.07. The van der Waals surface area contributed by atoms with Gasteiger partial charge in [-0.15, -0.1) is 11.8 Å². The molecule has 0 radical (unpaired) electrons. The number of carbonyl (C=O) groups excluding carboxylic acids is 1. The van der Waals surface area contributed by atoms with Crippen LogP contribution in [0.2, 0.25) is 0 Å². The van der Waals surface area contributed by atoms with E-state index in [1.54, 1.807) is 12.1 Å². The Morgan fingerprint density at radius 1 is 1.14 bits per heavy atom. The maximum absolute atomic E-state index is 13.2. The highest BCUT2D eigenvalue weighted by atomic mass is 32.2. The molecule has 2 N–H and O–H groups in total. The lowest BCUT2D eigenvalue weighted by Gasteiger charge is -2.06. The maximum Gasteiger partial charge on any atom is 0.338 e. The van der Waals surface area contributed by atoms with Crippen molar-refractivity contribution in [3.05, 3.63) is 59.9 Å². The standard InChI is InChI=1S/C15H12FNO3S/c16-13-7-6-11(8-12(13)15(19)20)21-9-14(18)17-10-4-2-1-3-5-10/h1-8H,9H2,(H,17,18)(H,19,20). The van der Waals surface area contributed by atoms with Gasteiger partial charge in [0.05, 0.1) is 11.3 Å². The largest absolute Gasteiger partial charge is 0.478 e. The van der Waals surface area contributed by atoms with Gasteiger partial charge in [-0.3, -0.25) is 4.79 Å². The first-order valence-corrected chi connectivity index (χ1v) is 7.05. The molecule has 6 heteroatoms. The van der Waals surface area contributed by atoms with Gasteiger partial charge in [0.2, 0.25) is 5.91 Å². The maximum atomic E-state index is 13.2. The van der Waals surface area contributed by atoms with Gasteiger partial charge in [0.15, 0.2) is 0 Å². The summed E-state index contributed by atoms with van der Waals surface area (Å²) in [5.41, 5.74) is 0.289. The number of carbonyl (C=O) groups is 2. The van der Waals surface area contributed by atoms with Gasteiger partial charge in [-0.05, 0) is 30.3 Å². The molecule has 0 fully saturated rings. The highest BCUT2D eigenvalue weighted by Crippen LogP contribution is 2.21. The fraction of sp³-hybridized carbons (Fsp3) is 0.0667. The summed E-state index contributed by atoms with van der Waals surface area (Å²) >= 11 is 1.15. The molecule has 2 rings (SSSR count). The number of hydrogen-bond acceptors (Lipinski definition) is 3. The quantitative estimate of drug-likeness (QED) is 0.832. The minimum absolute atomic E-state index is 0.111. The number of hydrogen-bond donors (Lipinski definition) is 2. The van der Waals surface area contributed by atoms with Crippen LogP contribution in [0.15, 0.2) is 53.4 Å². The van der Waals surface area contributed by atoms with Crippen molar-refractivity contribution < 1.29 is 19.1 Å². The number of carboxylic acid groups (broad SMARTS) is 1. The Kier molecular flexibility index (Phi) is 4.94. The molecule has 0 aliphatic carbocycles. The molecule has 0 aliphatic heterocycles. The molecule has 0 atom stereocenters. The molecule has 0 aliphatic rings. The summed E-state index contributed by atoms with van der Waals surface area (Å²) in [6.45, 7) is 0.